The third kappa shape index (κ3) is 37.2. The molecule has 0 aromatic rings. The van der Waals surface area contributed by atoms with Crippen LogP contribution in [0, 0.1) is 0 Å². The lowest BCUT2D eigenvalue weighted by Gasteiger charge is -2.09. The summed E-state index contributed by atoms with van der Waals surface area (Å²) in [4.78, 5) is 10.1. The average molecular weight is 607 g/mol. The predicted molar refractivity (Wildman–Crippen MR) is 147 cm³/mol. The van der Waals surface area contributed by atoms with Gasteiger partial charge < -0.3 is 61.9 Å². The second-order valence-electron chi connectivity index (χ2n) is 7.57. The van der Waals surface area contributed by atoms with Crippen molar-refractivity contribution in [1.29, 1.82) is 0 Å². The molecule has 240 valence electrons. The van der Waals surface area contributed by atoms with Crippen molar-refractivity contribution in [3.63, 3.8) is 0 Å². The number of hydrogen-bond donors (Lipinski definition) is 2. The standard InChI is InChI=1S/C25H50O14S/c26-25(27)39-22-21-37-18-17-35-14-13-33-10-9-31-6-5-29-2-1-28-3-4-30-7-8-32-11-12-34-15-16-36-19-20-38-23-24-40/h40H,1-24H2,(H,26,27). The molecule has 0 unspecified atom stereocenters. The van der Waals surface area contributed by atoms with Crippen LogP contribution in [-0.2, 0) is 56.8 Å². The zero-order valence-corrected chi connectivity index (χ0v) is 24.6. The molecule has 0 saturated carbocycles. The van der Waals surface area contributed by atoms with Gasteiger partial charge in [-0.15, -0.1) is 0 Å². The van der Waals surface area contributed by atoms with Crippen molar-refractivity contribution in [1.82, 2.24) is 0 Å². The van der Waals surface area contributed by atoms with Gasteiger partial charge in [-0.2, -0.15) is 12.6 Å². The Morgan fingerprint density at radius 2 is 0.525 bits per heavy atom. The van der Waals surface area contributed by atoms with Gasteiger partial charge in [-0.3, -0.25) is 0 Å². The number of ether oxygens (including phenoxy) is 12. The highest BCUT2D eigenvalue weighted by molar-refractivity contribution is 7.80. The third-order valence-electron chi connectivity index (χ3n) is 4.41. The predicted octanol–water partition coefficient (Wildman–Crippen LogP) is 0.793. The van der Waals surface area contributed by atoms with E-state index in [1.165, 1.54) is 0 Å². The van der Waals surface area contributed by atoms with Gasteiger partial charge in [-0.25, -0.2) is 4.79 Å². The molecule has 0 aliphatic carbocycles. The van der Waals surface area contributed by atoms with Crippen molar-refractivity contribution < 1.29 is 66.7 Å². The van der Waals surface area contributed by atoms with Gasteiger partial charge >= 0.3 is 6.16 Å². The fourth-order valence-corrected chi connectivity index (χ4v) is 2.68. The molecule has 0 bridgehead atoms. The molecule has 0 aromatic heterocycles. The van der Waals surface area contributed by atoms with Crippen LogP contribution in [0.5, 0.6) is 0 Å². The minimum Gasteiger partial charge on any atom is -0.450 e. The second-order valence-corrected chi connectivity index (χ2v) is 8.02. The van der Waals surface area contributed by atoms with E-state index in [1.54, 1.807) is 0 Å². The molecule has 14 nitrogen and oxygen atoms in total. The molecule has 0 spiro atoms. The van der Waals surface area contributed by atoms with Gasteiger partial charge in [0.1, 0.15) is 6.61 Å². The minimum atomic E-state index is -1.31. The summed E-state index contributed by atoms with van der Waals surface area (Å²) in [5.41, 5.74) is 0. The molecule has 40 heavy (non-hydrogen) atoms. The van der Waals surface area contributed by atoms with Crippen molar-refractivity contribution in [2.24, 2.45) is 0 Å². The first-order valence-electron chi connectivity index (χ1n) is 13.6. The number of carbonyl (C=O) groups is 1. The molecule has 0 rings (SSSR count). The Hall–Kier alpha value is -0.820. The molecule has 0 saturated heterocycles. The molecule has 0 amide bonds. The molecule has 1 N–H and O–H groups in total. The van der Waals surface area contributed by atoms with Gasteiger partial charge in [-0.1, -0.05) is 0 Å². The van der Waals surface area contributed by atoms with Crippen LogP contribution < -0.4 is 0 Å². The monoisotopic (exact) mass is 606 g/mol. The maximum absolute atomic E-state index is 10.1. The molecule has 0 fully saturated rings. The van der Waals surface area contributed by atoms with E-state index in [2.05, 4.69) is 17.4 Å². The first-order chi connectivity index (χ1) is 19.8. The van der Waals surface area contributed by atoms with Gasteiger partial charge in [0.25, 0.3) is 0 Å². The molecule has 0 aliphatic rings. The Bertz CT molecular complexity index is 492. The van der Waals surface area contributed by atoms with Crippen LogP contribution >= 0.6 is 12.6 Å². The summed E-state index contributed by atoms with van der Waals surface area (Å²) in [6.45, 7) is 10.7. The molecule has 0 aliphatic heterocycles. The van der Waals surface area contributed by atoms with E-state index < -0.39 is 6.16 Å². The lowest BCUT2D eigenvalue weighted by molar-refractivity contribution is -0.0279. The summed E-state index contributed by atoms with van der Waals surface area (Å²) in [7, 11) is 0. The zero-order valence-electron chi connectivity index (χ0n) is 23.7. The van der Waals surface area contributed by atoms with E-state index in [0.717, 1.165) is 0 Å². The highest BCUT2D eigenvalue weighted by Crippen LogP contribution is 1.87. The molecular weight excluding hydrogens is 556 g/mol. The number of rotatable bonds is 35. The van der Waals surface area contributed by atoms with Crippen LogP contribution in [0.25, 0.3) is 0 Å². The highest BCUT2D eigenvalue weighted by atomic mass is 32.1. The second kappa shape index (κ2) is 36.2. The molecule has 0 aromatic carbocycles. The van der Waals surface area contributed by atoms with Crippen LogP contribution in [-0.4, -0.2) is 169 Å². The fraction of sp³-hybridized carbons (Fsp3) is 0.960. The maximum atomic E-state index is 10.1. The molecule has 0 atom stereocenters. The summed E-state index contributed by atoms with van der Waals surface area (Å²) in [6, 6.07) is 0. The largest absolute Gasteiger partial charge is 0.505 e. The van der Waals surface area contributed by atoms with E-state index in [4.69, 9.17) is 57.2 Å². The SMILES string of the molecule is O=C(O)OCCOCCOCCOCCOCCOCCOCCOCCOCCOCCOCCOCCS. The topological polar surface area (TPSA) is 148 Å². The Morgan fingerprint density at radius 3 is 0.700 bits per heavy atom. The van der Waals surface area contributed by atoms with Crippen molar-refractivity contribution >= 4 is 18.8 Å². The van der Waals surface area contributed by atoms with Gasteiger partial charge in [0.05, 0.1) is 145 Å². The molecule has 0 radical (unpaired) electrons. The molecule has 0 heterocycles. The first-order valence-corrected chi connectivity index (χ1v) is 14.2. The zero-order chi connectivity index (χ0) is 29.0. The van der Waals surface area contributed by atoms with Gasteiger partial charge in [-0.05, 0) is 0 Å². The van der Waals surface area contributed by atoms with E-state index in [9.17, 15) is 4.79 Å². The number of hydrogen-bond acceptors (Lipinski definition) is 14. The van der Waals surface area contributed by atoms with Crippen molar-refractivity contribution in [3.8, 4) is 0 Å². The number of carboxylic acid groups (broad SMARTS) is 1. The molecular formula is C25H50O14S. The summed E-state index contributed by atoms with van der Waals surface area (Å²) in [6.07, 6.45) is -1.31. The van der Waals surface area contributed by atoms with Crippen LogP contribution in [0.4, 0.5) is 4.79 Å². The summed E-state index contributed by atoms with van der Waals surface area (Å²) in [5, 5.41) is 8.29. The van der Waals surface area contributed by atoms with Crippen molar-refractivity contribution in [3.05, 3.63) is 0 Å². The van der Waals surface area contributed by atoms with Crippen molar-refractivity contribution in [2.45, 2.75) is 0 Å². The number of thiol groups is 1. The summed E-state index contributed by atoms with van der Waals surface area (Å²) >= 11 is 4.06. The Balaban J connectivity index is 3.03. The lowest BCUT2D eigenvalue weighted by Crippen LogP contribution is -2.15. The maximum Gasteiger partial charge on any atom is 0.505 e. The van der Waals surface area contributed by atoms with Gasteiger partial charge in [0, 0.05) is 5.75 Å². The Labute approximate surface area is 243 Å². The average Bonchev–Trinajstić information content (AvgIpc) is 2.95. The summed E-state index contributed by atoms with van der Waals surface area (Å²) < 4.78 is 63.3. The molecule has 15 heteroatoms. The van der Waals surface area contributed by atoms with Crippen molar-refractivity contribution in [2.75, 3.05) is 158 Å². The highest BCUT2D eigenvalue weighted by Gasteiger charge is 1.97. The first kappa shape index (κ1) is 39.2. The van der Waals surface area contributed by atoms with E-state index in [0.29, 0.717) is 144 Å². The fourth-order valence-electron chi connectivity index (χ4n) is 2.55. The lowest BCUT2D eigenvalue weighted by atomic mass is 10.6. The van der Waals surface area contributed by atoms with Crippen LogP contribution in [0.1, 0.15) is 0 Å². The third-order valence-corrected chi connectivity index (χ3v) is 4.59. The Kier molecular flexibility index (Phi) is 35.5. The van der Waals surface area contributed by atoms with E-state index in [-0.39, 0.29) is 13.2 Å². The summed E-state index contributed by atoms with van der Waals surface area (Å²) in [5.74, 6) is 0.715. The quantitative estimate of drug-likeness (QED) is 0.0595. The van der Waals surface area contributed by atoms with Crippen LogP contribution in [0.3, 0.4) is 0 Å². The van der Waals surface area contributed by atoms with Gasteiger partial charge in [0.15, 0.2) is 0 Å². The van der Waals surface area contributed by atoms with Crippen LogP contribution in [0.15, 0.2) is 0 Å². The Morgan fingerprint density at radius 1 is 0.350 bits per heavy atom. The minimum absolute atomic E-state index is 0.00892. The van der Waals surface area contributed by atoms with E-state index >= 15 is 0 Å². The van der Waals surface area contributed by atoms with E-state index in [1.807, 2.05) is 0 Å². The van der Waals surface area contributed by atoms with Crippen LogP contribution in [0.2, 0.25) is 0 Å². The smallest absolute Gasteiger partial charge is 0.450 e. The normalized spacial score (nSPS) is 11.3. The van der Waals surface area contributed by atoms with Gasteiger partial charge in [0.2, 0.25) is 0 Å².